The number of ether oxygens (including phenoxy) is 3. The van der Waals surface area contributed by atoms with Crippen LogP contribution in [0.1, 0.15) is 106 Å². The van der Waals surface area contributed by atoms with E-state index < -0.39 is 6.10 Å². The molecular formula is C33H50O6. The largest absolute Gasteiger partial charge is 0.462 e. The van der Waals surface area contributed by atoms with Gasteiger partial charge in [-0.25, -0.2) is 0 Å². The van der Waals surface area contributed by atoms with Crippen LogP contribution in [0.25, 0.3) is 0 Å². The highest BCUT2D eigenvalue weighted by atomic mass is 16.6. The van der Waals surface area contributed by atoms with Crippen molar-refractivity contribution in [1.82, 2.24) is 0 Å². The Morgan fingerprint density at radius 1 is 1.00 bits per heavy atom. The lowest BCUT2D eigenvalue weighted by atomic mass is 9.60. The molecule has 0 aromatic heterocycles. The molecular weight excluding hydrogens is 492 g/mol. The van der Waals surface area contributed by atoms with Crippen LogP contribution in [0, 0.1) is 29.1 Å². The second-order valence-electron chi connectivity index (χ2n) is 12.8. The third kappa shape index (κ3) is 7.85. The van der Waals surface area contributed by atoms with Gasteiger partial charge in [0.1, 0.15) is 18.3 Å². The standard InChI is InChI=1S/C33H50O6/c1-20(2)31(38-24(6)35)16-11-21(3)29-14-15-30-26(10-9-17-33(29,30)8)12-13-27-18-28(37-23(5)34)19-32(22(27)4)39-25(7)36/h12-13,20-21,28-32H,4,9-11,14-19H2,1-3,5-8H3/b26-12?,27-13-/t21-,28-,29-,30?,31+,32-,33-/m1/s1. The summed E-state index contributed by atoms with van der Waals surface area (Å²) in [7, 11) is 0. The average Bonchev–Trinajstić information content (AvgIpc) is 3.19. The quantitative estimate of drug-likeness (QED) is 0.225. The lowest BCUT2D eigenvalue weighted by Crippen LogP contribution is -2.36. The van der Waals surface area contributed by atoms with Crippen molar-refractivity contribution < 1.29 is 28.6 Å². The number of hydrogen-bond acceptors (Lipinski definition) is 6. The predicted octanol–water partition coefficient (Wildman–Crippen LogP) is 7.27. The Kier molecular flexibility index (Phi) is 10.6. The fourth-order valence-electron chi connectivity index (χ4n) is 7.66. The predicted molar refractivity (Wildman–Crippen MR) is 153 cm³/mol. The topological polar surface area (TPSA) is 78.9 Å². The zero-order chi connectivity index (χ0) is 28.9. The monoisotopic (exact) mass is 542 g/mol. The van der Waals surface area contributed by atoms with Crippen LogP contribution in [-0.2, 0) is 28.6 Å². The molecule has 0 bridgehead atoms. The van der Waals surface area contributed by atoms with Gasteiger partial charge in [0, 0.05) is 33.6 Å². The van der Waals surface area contributed by atoms with E-state index in [2.05, 4.69) is 46.4 Å². The minimum Gasteiger partial charge on any atom is -0.462 e. The molecule has 0 N–H and O–H groups in total. The van der Waals surface area contributed by atoms with Crippen LogP contribution < -0.4 is 0 Å². The van der Waals surface area contributed by atoms with Crippen molar-refractivity contribution in [2.45, 2.75) is 125 Å². The molecule has 0 heterocycles. The molecule has 218 valence electrons. The van der Waals surface area contributed by atoms with Crippen LogP contribution in [-0.4, -0.2) is 36.2 Å². The van der Waals surface area contributed by atoms with Crippen molar-refractivity contribution in [2.75, 3.05) is 0 Å². The summed E-state index contributed by atoms with van der Waals surface area (Å²) >= 11 is 0. The first-order valence-electron chi connectivity index (χ1n) is 14.9. The van der Waals surface area contributed by atoms with E-state index in [1.54, 1.807) is 0 Å². The molecule has 1 unspecified atom stereocenters. The molecule has 0 radical (unpaired) electrons. The van der Waals surface area contributed by atoms with Crippen molar-refractivity contribution in [3.8, 4) is 0 Å². The fraction of sp³-hybridized carbons (Fsp3) is 0.727. The second kappa shape index (κ2) is 13.3. The van der Waals surface area contributed by atoms with Crippen molar-refractivity contribution in [1.29, 1.82) is 0 Å². The van der Waals surface area contributed by atoms with E-state index >= 15 is 0 Å². The summed E-state index contributed by atoms with van der Waals surface area (Å²) in [6.07, 6.45) is 12.6. The highest BCUT2D eigenvalue weighted by Gasteiger charge is 2.50. The Balaban J connectivity index is 1.75. The molecule has 0 aromatic rings. The van der Waals surface area contributed by atoms with Gasteiger partial charge in [0.2, 0.25) is 0 Å². The van der Waals surface area contributed by atoms with Gasteiger partial charge in [-0.05, 0) is 85.2 Å². The fourth-order valence-corrected chi connectivity index (χ4v) is 7.66. The molecule has 3 aliphatic rings. The van der Waals surface area contributed by atoms with E-state index in [1.165, 1.54) is 52.0 Å². The molecule has 0 saturated heterocycles. The number of fused-ring (bicyclic) bond motifs is 1. The first-order chi connectivity index (χ1) is 18.3. The summed E-state index contributed by atoms with van der Waals surface area (Å²) in [5.41, 5.74) is 3.55. The molecule has 7 atom stereocenters. The van der Waals surface area contributed by atoms with Crippen molar-refractivity contribution in [2.24, 2.45) is 29.1 Å². The average molecular weight is 543 g/mol. The number of allylic oxidation sites excluding steroid dienone is 3. The van der Waals surface area contributed by atoms with Gasteiger partial charge in [-0.15, -0.1) is 0 Å². The number of carbonyl (C=O) groups is 3. The van der Waals surface area contributed by atoms with Crippen molar-refractivity contribution in [3.63, 3.8) is 0 Å². The molecule has 39 heavy (non-hydrogen) atoms. The van der Waals surface area contributed by atoms with Gasteiger partial charge in [-0.3, -0.25) is 14.4 Å². The Morgan fingerprint density at radius 2 is 1.69 bits per heavy atom. The van der Waals surface area contributed by atoms with Crippen molar-refractivity contribution >= 4 is 17.9 Å². The molecule has 3 aliphatic carbocycles. The summed E-state index contributed by atoms with van der Waals surface area (Å²) in [6.45, 7) is 17.7. The molecule has 6 heteroatoms. The van der Waals surface area contributed by atoms with Crippen LogP contribution in [0.4, 0.5) is 0 Å². The zero-order valence-corrected chi connectivity index (χ0v) is 25.2. The Labute approximate surface area is 235 Å². The van der Waals surface area contributed by atoms with E-state index in [1.807, 2.05) is 0 Å². The van der Waals surface area contributed by atoms with Gasteiger partial charge in [-0.1, -0.05) is 52.0 Å². The number of rotatable bonds is 9. The highest BCUT2D eigenvalue weighted by molar-refractivity contribution is 5.67. The normalized spacial score (nSPS) is 32.6. The lowest BCUT2D eigenvalue weighted by Gasteiger charge is -2.44. The molecule has 3 saturated carbocycles. The van der Waals surface area contributed by atoms with Gasteiger partial charge < -0.3 is 14.2 Å². The SMILES string of the molecule is C=C1/C(=C\C=C2CCC[C@@]3(C)C2CC[C@@H]3[C@H](C)CC[C@H](OC(C)=O)C(C)C)C[C@@H](OC(C)=O)C[C@H]1OC(C)=O. The first kappa shape index (κ1) is 31.2. The molecule has 0 aromatic carbocycles. The molecule has 0 aliphatic heterocycles. The van der Waals surface area contributed by atoms with Gasteiger partial charge in [-0.2, -0.15) is 0 Å². The van der Waals surface area contributed by atoms with Gasteiger partial charge in [0.25, 0.3) is 0 Å². The second-order valence-corrected chi connectivity index (χ2v) is 12.8. The molecule has 6 nitrogen and oxygen atoms in total. The number of hydrogen-bond donors (Lipinski definition) is 0. The van der Waals surface area contributed by atoms with Gasteiger partial charge in [0.15, 0.2) is 0 Å². The van der Waals surface area contributed by atoms with E-state index in [-0.39, 0.29) is 35.5 Å². The molecule has 0 amide bonds. The minimum atomic E-state index is -0.472. The van der Waals surface area contributed by atoms with Gasteiger partial charge in [0.05, 0.1) is 0 Å². The highest BCUT2D eigenvalue weighted by Crippen LogP contribution is 2.60. The molecule has 3 rings (SSSR count). The summed E-state index contributed by atoms with van der Waals surface area (Å²) in [5, 5.41) is 0. The minimum absolute atomic E-state index is 0.0152. The van der Waals surface area contributed by atoms with E-state index in [9.17, 15) is 14.4 Å². The Hall–Kier alpha value is -2.37. The summed E-state index contributed by atoms with van der Waals surface area (Å²) in [6, 6.07) is 0. The first-order valence-corrected chi connectivity index (χ1v) is 14.9. The zero-order valence-electron chi connectivity index (χ0n) is 25.2. The Bertz CT molecular complexity index is 990. The van der Waals surface area contributed by atoms with Crippen LogP contribution >= 0.6 is 0 Å². The molecule has 0 spiro atoms. The number of esters is 3. The van der Waals surface area contributed by atoms with E-state index in [0.29, 0.717) is 36.5 Å². The third-order valence-electron chi connectivity index (χ3n) is 9.56. The summed E-state index contributed by atoms with van der Waals surface area (Å²) in [4.78, 5) is 34.9. The van der Waals surface area contributed by atoms with E-state index in [4.69, 9.17) is 14.2 Å². The van der Waals surface area contributed by atoms with E-state index in [0.717, 1.165) is 30.4 Å². The van der Waals surface area contributed by atoms with Crippen molar-refractivity contribution in [3.05, 3.63) is 35.5 Å². The van der Waals surface area contributed by atoms with Crippen LogP contribution in [0.3, 0.4) is 0 Å². The Morgan fingerprint density at radius 3 is 2.31 bits per heavy atom. The maximum atomic E-state index is 11.7. The molecule has 3 fully saturated rings. The van der Waals surface area contributed by atoms with Crippen LogP contribution in [0.15, 0.2) is 35.5 Å². The third-order valence-corrected chi connectivity index (χ3v) is 9.56. The number of carbonyl (C=O) groups excluding carboxylic acids is 3. The summed E-state index contributed by atoms with van der Waals surface area (Å²) < 4.78 is 16.6. The lowest BCUT2D eigenvalue weighted by molar-refractivity contribution is -0.152. The smallest absolute Gasteiger partial charge is 0.303 e. The van der Waals surface area contributed by atoms with Gasteiger partial charge >= 0.3 is 17.9 Å². The summed E-state index contributed by atoms with van der Waals surface area (Å²) in [5.74, 6) is 1.22. The maximum Gasteiger partial charge on any atom is 0.303 e. The van der Waals surface area contributed by atoms with Crippen LogP contribution in [0.5, 0.6) is 0 Å². The van der Waals surface area contributed by atoms with Crippen LogP contribution in [0.2, 0.25) is 0 Å². The maximum absolute atomic E-state index is 11.7.